The first kappa shape index (κ1) is 32.6. The summed E-state index contributed by atoms with van der Waals surface area (Å²) < 4.78 is 13.4. The summed E-state index contributed by atoms with van der Waals surface area (Å²) in [6, 6.07) is 59.7. The molecule has 0 N–H and O–H groups in total. The summed E-state index contributed by atoms with van der Waals surface area (Å²) in [5, 5.41) is 14.3. The van der Waals surface area contributed by atoms with E-state index in [1.807, 2.05) is 6.07 Å². The minimum absolute atomic E-state index is 0.879. The summed E-state index contributed by atoms with van der Waals surface area (Å²) >= 11 is 0. The van der Waals surface area contributed by atoms with Gasteiger partial charge in [-0.15, -0.1) is 0 Å². The van der Waals surface area contributed by atoms with Gasteiger partial charge in [-0.2, -0.15) is 0 Å². The van der Waals surface area contributed by atoms with Crippen LogP contribution in [0.25, 0.3) is 126 Å². The van der Waals surface area contributed by atoms with Gasteiger partial charge < -0.3 is 8.83 Å². The normalized spacial score (nSPS) is 13.0. The van der Waals surface area contributed by atoms with Crippen LogP contribution in [0.3, 0.4) is 0 Å². The van der Waals surface area contributed by atoms with Gasteiger partial charge in [-0.1, -0.05) is 152 Å². The number of fused-ring (bicyclic) bond motifs is 13. The molecule has 12 aromatic rings. The largest absolute Gasteiger partial charge is 0.456 e. The molecular weight excluding hydrogens is 717 g/mol. The molecule has 2 nitrogen and oxygen atoms in total. The zero-order valence-corrected chi connectivity index (χ0v) is 32.5. The monoisotopic (exact) mass is 752 g/mol. The average Bonchev–Trinajstić information content (AvgIpc) is 3.88. The predicted molar refractivity (Wildman–Crippen MR) is 249 cm³/mol. The van der Waals surface area contributed by atoms with Gasteiger partial charge in [-0.05, 0) is 121 Å². The Balaban J connectivity index is 1.08. The third kappa shape index (κ3) is 4.57. The van der Waals surface area contributed by atoms with E-state index in [4.69, 9.17) is 8.83 Å². The van der Waals surface area contributed by atoms with Gasteiger partial charge in [-0.25, -0.2) is 0 Å². The van der Waals surface area contributed by atoms with Gasteiger partial charge >= 0.3 is 0 Å². The van der Waals surface area contributed by atoms with Crippen LogP contribution in [-0.2, 0) is 6.42 Å². The SMILES string of the molecule is Cc1c2c(c(-c3ccc(-c4c5ccccc5c(-c5cc6ccc7oc8ccccc8c7c6c6c5oc5ccccc56)c5ccccc45)cc3)c3ccccc13)C=CCC2. The molecule has 10 aromatic carbocycles. The van der Waals surface area contributed by atoms with E-state index in [1.165, 1.54) is 82.2 Å². The molecule has 0 spiro atoms. The first-order valence-corrected chi connectivity index (χ1v) is 20.6. The number of rotatable bonds is 3. The molecule has 0 fully saturated rings. The number of hydrogen-bond acceptors (Lipinski definition) is 2. The summed E-state index contributed by atoms with van der Waals surface area (Å²) in [5.74, 6) is 0. The molecule has 1 aliphatic carbocycles. The lowest BCUT2D eigenvalue weighted by molar-refractivity contribution is 0.669. The Bertz CT molecular complexity index is 3720. The highest BCUT2D eigenvalue weighted by Crippen LogP contribution is 2.50. The van der Waals surface area contributed by atoms with Crippen molar-refractivity contribution in [3.63, 3.8) is 0 Å². The molecule has 0 amide bonds. The Hall–Kier alpha value is -7.42. The van der Waals surface area contributed by atoms with Crippen molar-refractivity contribution >= 4 is 93.0 Å². The molecule has 0 atom stereocenters. The number of hydrogen-bond donors (Lipinski definition) is 0. The van der Waals surface area contributed by atoms with E-state index < -0.39 is 0 Å². The van der Waals surface area contributed by atoms with Gasteiger partial charge in [0.05, 0.1) is 0 Å². The van der Waals surface area contributed by atoms with Crippen molar-refractivity contribution in [3.8, 4) is 33.4 Å². The van der Waals surface area contributed by atoms with Crippen molar-refractivity contribution in [1.29, 1.82) is 0 Å². The minimum atomic E-state index is 0.879. The first-order chi connectivity index (χ1) is 29.2. The van der Waals surface area contributed by atoms with Crippen LogP contribution in [0.4, 0.5) is 0 Å². The molecule has 0 saturated heterocycles. The van der Waals surface area contributed by atoms with Crippen molar-refractivity contribution in [2.45, 2.75) is 19.8 Å². The van der Waals surface area contributed by atoms with E-state index in [9.17, 15) is 0 Å². The van der Waals surface area contributed by atoms with E-state index in [2.05, 4.69) is 177 Å². The fraction of sp³-hybridized carbons (Fsp3) is 0.0526. The van der Waals surface area contributed by atoms with Crippen LogP contribution in [-0.4, -0.2) is 0 Å². The first-order valence-electron chi connectivity index (χ1n) is 20.6. The van der Waals surface area contributed by atoms with Gasteiger partial charge in [-0.3, -0.25) is 0 Å². The number of furan rings is 2. The molecule has 2 heteroatoms. The third-order valence-corrected chi connectivity index (χ3v) is 13.1. The zero-order valence-electron chi connectivity index (χ0n) is 32.5. The highest BCUT2D eigenvalue weighted by Gasteiger charge is 2.25. The molecule has 276 valence electrons. The van der Waals surface area contributed by atoms with E-state index in [0.29, 0.717) is 0 Å². The summed E-state index contributed by atoms with van der Waals surface area (Å²) in [4.78, 5) is 0. The maximum absolute atomic E-state index is 6.99. The number of allylic oxidation sites excluding steroid dienone is 1. The fourth-order valence-corrected chi connectivity index (χ4v) is 10.6. The van der Waals surface area contributed by atoms with Crippen LogP contribution in [0.1, 0.15) is 23.1 Å². The zero-order chi connectivity index (χ0) is 38.8. The van der Waals surface area contributed by atoms with Gasteiger partial charge in [0, 0.05) is 38.1 Å². The summed E-state index contributed by atoms with van der Waals surface area (Å²) in [6.45, 7) is 2.30. The lowest BCUT2D eigenvalue weighted by Crippen LogP contribution is -2.02. The second kappa shape index (κ2) is 12.3. The standard InChI is InChI=1S/C57H36O2/c1-33-37-14-2-4-16-39(37)51(40-17-5-3-15-38(33)40)34-26-28-35(29-27-34)52-41-18-6-8-20-43(41)54(44-21-9-7-19-42(44)52)47-32-36-30-31-50-55(45-22-10-12-24-48(45)58-50)53(36)56-46-23-11-13-25-49(46)59-57(47)56/h2,4-14,16-32H,3,15H2,1H3. The van der Waals surface area contributed by atoms with Crippen molar-refractivity contribution in [3.05, 3.63) is 187 Å². The van der Waals surface area contributed by atoms with Crippen molar-refractivity contribution in [2.24, 2.45) is 0 Å². The summed E-state index contributed by atoms with van der Waals surface area (Å²) in [5.41, 5.74) is 15.1. The summed E-state index contributed by atoms with van der Waals surface area (Å²) in [6.07, 6.45) is 6.86. The minimum Gasteiger partial charge on any atom is -0.456 e. The highest BCUT2D eigenvalue weighted by atomic mass is 16.3. The Kier molecular flexibility index (Phi) is 6.80. The fourth-order valence-electron chi connectivity index (χ4n) is 10.6. The number of aryl methyl sites for hydroxylation is 1. The van der Waals surface area contributed by atoms with Crippen molar-refractivity contribution in [2.75, 3.05) is 0 Å². The third-order valence-electron chi connectivity index (χ3n) is 13.1. The second-order valence-corrected chi connectivity index (χ2v) is 16.2. The Morgan fingerprint density at radius 3 is 1.61 bits per heavy atom. The average molecular weight is 753 g/mol. The van der Waals surface area contributed by atoms with Crippen LogP contribution in [0, 0.1) is 6.92 Å². The molecule has 2 heterocycles. The second-order valence-electron chi connectivity index (χ2n) is 16.2. The molecule has 0 bridgehead atoms. The van der Waals surface area contributed by atoms with Crippen LogP contribution in [0.15, 0.2) is 179 Å². The van der Waals surface area contributed by atoms with Crippen molar-refractivity contribution in [1.82, 2.24) is 0 Å². The molecular formula is C57H36O2. The van der Waals surface area contributed by atoms with Crippen LogP contribution < -0.4 is 0 Å². The van der Waals surface area contributed by atoms with Gasteiger partial charge in [0.1, 0.15) is 22.3 Å². The molecule has 0 saturated carbocycles. The van der Waals surface area contributed by atoms with Crippen LogP contribution >= 0.6 is 0 Å². The Morgan fingerprint density at radius 2 is 0.949 bits per heavy atom. The van der Waals surface area contributed by atoms with Crippen LogP contribution in [0.2, 0.25) is 0 Å². The topological polar surface area (TPSA) is 26.3 Å². The maximum Gasteiger partial charge on any atom is 0.143 e. The number of para-hydroxylation sites is 2. The van der Waals surface area contributed by atoms with Gasteiger partial charge in [0.25, 0.3) is 0 Å². The van der Waals surface area contributed by atoms with Crippen LogP contribution in [0.5, 0.6) is 0 Å². The quantitative estimate of drug-likeness (QED) is 0.168. The maximum atomic E-state index is 6.99. The Labute approximate surface area is 340 Å². The van der Waals surface area contributed by atoms with E-state index >= 15 is 0 Å². The molecule has 2 aromatic heterocycles. The van der Waals surface area contributed by atoms with E-state index in [0.717, 1.165) is 67.7 Å². The van der Waals surface area contributed by atoms with E-state index in [1.54, 1.807) is 0 Å². The smallest absolute Gasteiger partial charge is 0.143 e. The molecule has 0 unspecified atom stereocenters. The Morgan fingerprint density at radius 1 is 0.424 bits per heavy atom. The molecule has 1 aliphatic rings. The number of benzene rings is 10. The molecule has 0 aliphatic heterocycles. The molecule has 0 radical (unpaired) electrons. The lowest BCUT2D eigenvalue weighted by atomic mass is 9.82. The molecule has 59 heavy (non-hydrogen) atoms. The van der Waals surface area contributed by atoms with Gasteiger partial charge in [0.2, 0.25) is 0 Å². The summed E-state index contributed by atoms with van der Waals surface area (Å²) in [7, 11) is 0. The van der Waals surface area contributed by atoms with Crippen molar-refractivity contribution < 1.29 is 8.83 Å². The van der Waals surface area contributed by atoms with E-state index in [-0.39, 0.29) is 0 Å². The lowest BCUT2D eigenvalue weighted by Gasteiger charge is -2.22. The highest BCUT2D eigenvalue weighted by molar-refractivity contribution is 6.34. The molecule has 13 rings (SSSR count). The van der Waals surface area contributed by atoms with Gasteiger partial charge in [0.15, 0.2) is 0 Å². The predicted octanol–water partition coefficient (Wildman–Crippen LogP) is 16.4.